The molecule has 142 valence electrons. The van der Waals surface area contributed by atoms with Crippen LogP contribution in [0.4, 0.5) is 0 Å². The summed E-state index contributed by atoms with van der Waals surface area (Å²) >= 11 is 0. The highest BCUT2D eigenvalue weighted by molar-refractivity contribution is 6.74. The van der Waals surface area contributed by atoms with E-state index in [0.717, 1.165) is 31.6 Å². The Morgan fingerprint density at radius 1 is 1.08 bits per heavy atom. The lowest BCUT2D eigenvalue weighted by Gasteiger charge is -2.36. The van der Waals surface area contributed by atoms with Gasteiger partial charge in [-0.25, -0.2) is 0 Å². The van der Waals surface area contributed by atoms with Crippen LogP contribution in [0.25, 0.3) is 0 Å². The molecule has 0 aliphatic carbocycles. The average molecular weight is 365 g/mol. The molecule has 2 atom stereocenters. The van der Waals surface area contributed by atoms with Gasteiger partial charge in [0.1, 0.15) is 5.75 Å². The van der Waals surface area contributed by atoms with Crippen LogP contribution < -0.4 is 4.74 Å². The van der Waals surface area contributed by atoms with Crippen molar-refractivity contribution in [3.05, 3.63) is 29.8 Å². The molecule has 25 heavy (non-hydrogen) atoms. The fourth-order valence-corrected chi connectivity index (χ4v) is 4.09. The summed E-state index contributed by atoms with van der Waals surface area (Å²) < 4.78 is 17.7. The fourth-order valence-electron chi connectivity index (χ4n) is 3.00. The van der Waals surface area contributed by atoms with Gasteiger partial charge in [0, 0.05) is 6.61 Å². The highest BCUT2D eigenvalue weighted by Crippen LogP contribution is 2.37. The molecule has 0 amide bonds. The van der Waals surface area contributed by atoms with E-state index in [-0.39, 0.29) is 6.10 Å². The summed E-state index contributed by atoms with van der Waals surface area (Å²) in [5.41, 5.74) is 1.27. The van der Waals surface area contributed by atoms with E-state index in [2.05, 4.69) is 46.0 Å². The van der Waals surface area contributed by atoms with E-state index in [0.29, 0.717) is 11.1 Å². The molecule has 1 aliphatic rings. The Labute approximate surface area is 155 Å². The van der Waals surface area contributed by atoms with E-state index in [4.69, 9.17) is 13.9 Å². The Kier molecular flexibility index (Phi) is 7.12. The molecule has 1 aromatic carbocycles. The second-order valence-electron chi connectivity index (χ2n) is 8.70. The highest BCUT2D eigenvalue weighted by Gasteiger charge is 2.36. The standard InChI is InChI=1S/C21H36O3Si/c1-21(2,3)25(5,6)23-16-8-7-9-19-14-15-20(24-19)17-10-12-18(22-4)13-11-17/h10-13,19-20H,7-9,14-16H2,1-6H3/t19-,20?/m1/s1. The smallest absolute Gasteiger partial charge is 0.191 e. The number of hydrogen-bond donors (Lipinski definition) is 0. The van der Waals surface area contributed by atoms with Gasteiger partial charge in [0.2, 0.25) is 0 Å². The molecule has 1 fully saturated rings. The minimum Gasteiger partial charge on any atom is -0.497 e. The van der Waals surface area contributed by atoms with Gasteiger partial charge in [-0.2, -0.15) is 0 Å². The Hall–Kier alpha value is -0.843. The Balaban J connectivity index is 1.66. The predicted octanol–water partition coefficient (Wildman–Crippen LogP) is 6.11. The van der Waals surface area contributed by atoms with Gasteiger partial charge in [-0.05, 0) is 67.9 Å². The van der Waals surface area contributed by atoms with Crippen molar-refractivity contribution >= 4 is 8.32 Å². The van der Waals surface area contributed by atoms with Crippen LogP contribution in [0.5, 0.6) is 5.75 Å². The molecule has 2 rings (SSSR count). The zero-order valence-corrected chi connectivity index (χ0v) is 17.9. The molecule has 0 saturated carbocycles. The van der Waals surface area contributed by atoms with Crippen LogP contribution in [-0.4, -0.2) is 28.1 Å². The summed E-state index contributed by atoms with van der Waals surface area (Å²) in [6, 6.07) is 8.28. The minimum absolute atomic E-state index is 0.249. The summed E-state index contributed by atoms with van der Waals surface area (Å²) in [6.07, 6.45) is 6.42. The van der Waals surface area contributed by atoms with E-state index in [9.17, 15) is 0 Å². The molecule has 1 aliphatic heterocycles. The largest absolute Gasteiger partial charge is 0.497 e. The van der Waals surface area contributed by atoms with Crippen molar-refractivity contribution in [1.82, 2.24) is 0 Å². The summed E-state index contributed by atoms with van der Waals surface area (Å²) in [7, 11) is 0.109. The molecule has 0 spiro atoms. The van der Waals surface area contributed by atoms with Gasteiger partial charge in [-0.15, -0.1) is 0 Å². The van der Waals surface area contributed by atoms with Gasteiger partial charge < -0.3 is 13.9 Å². The summed E-state index contributed by atoms with van der Waals surface area (Å²) in [6.45, 7) is 12.4. The van der Waals surface area contributed by atoms with Gasteiger partial charge in [-0.1, -0.05) is 32.9 Å². The van der Waals surface area contributed by atoms with Crippen molar-refractivity contribution in [1.29, 1.82) is 0 Å². The molecule has 0 N–H and O–H groups in total. The number of methoxy groups -OCH3 is 1. The second kappa shape index (κ2) is 8.70. The average Bonchev–Trinajstić information content (AvgIpc) is 3.02. The summed E-state index contributed by atoms with van der Waals surface area (Å²) in [5.74, 6) is 0.903. The lowest BCUT2D eigenvalue weighted by Crippen LogP contribution is -2.40. The van der Waals surface area contributed by atoms with Crippen molar-refractivity contribution in [2.24, 2.45) is 0 Å². The molecule has 3 nitrogen and oxygen atoms in total. The maximum Gasteiger partial charge on any atom is 0.191 e. The molecule has 4 heteroatoms. The van der Waals surface area contributed by atoms with Crippen molar-refractivity contribution < 1.29 is 13.9 Å². The zero-order valence-electron chi connectivity index (χ0n) is 16.9. The van der Waals surface area contributed by atoms with E-state index >= 15 is 0 Å². The number of benzene rings is 1. The number of hydrogen-bond acceptors (Lipinski definition) is 3. The maximum atomic E-state index is 6.26. The van der Waals surface area contributed by atoms with Crippen LogP contribution in [0, 0.1) is 0 Å². The van der Waals surface area contributed by atoms with Crippen molar-refractivity contribution in [3.8, 4) is 5.75 Å². The molecule has 0 aromatic heterocycles. The first-order chi connectivity index (χ1) is 11.7. The van der Waals surface area contributed by atoms with Crippen molar-refractivity contribution in [2.75, 3.05) is 13.7 Å². The Morgan fingerprint density at radius 3 is 2.36 bits per heavy atom. The van der Waals surface area contributed by atoms with E-state index < -0.39 is 8.32 Å². The topological polar surface area (TPSA) is 27.7 Å². The quantitative estimate of drug-likeness (QED) is 0.411. The Bertz CT molecular complexity index is 519. The van der Waals surface area contributed by atoms with Crippen LogP contribution in [0.3, 0.4) is 0 Å². The number of ether oxygens (including phenoxy) is 2. The molecule has 1 unspecified atom stereocenters. The molecule has 0 radical (unpaired) electrons. The fraction of sp³-hybridized carbons (Fsp3) is 0.714. The monoisotopic (exact) mass is 364 g/mol. The molecular formula is C21H36O3Si. The number of unbranched alkanes of at least 4 members (excludes halogenated alkanes) is 1. The molecule has 1 aromatic rings. The predicted molar refractivity (Wildman–Crippen MR) is 107 cm³/mol. The third-order valence-corrected chi connectivity index (χ3v) is 10.3. The highest BCUT2D eigenvalue weighted by atomic mass is 28.4. The maximum absolute atomic E-state index is 6.26. The van der Waals surface area contributed by atoms with Crippen LogP contribution in [-0.2, 0) is 9.16 Å². The third-order valence-electron chi connectivity index (χ3n) is 5.78. The third kappa shape index (κ3) is 5.83. The van der Waals surface area contributed by atoms with Crippen LogP contribution in [0.15, 0.2) is 24.3 Å². The van der Waals surface area contributed by atoms with Gasteiger partial charge in [0.05, 0.1) is 19.3 Å². The molecule has 1 saturated heterocycles. The minimum atomic E-state index is -1.59. The van der Waals surface area contributed by atoms with Gasteiger partial charge in [0.15, 0.2) is 8.32 Å². The van der Waals surface area contributed by atoms with Crippen molar-refractivity contribution in [3.63, 3.8) is 0 Å². The first-order valence-corrected chi connectivity index (χ1v) is 12.6. The zero-order chi connectivity index (χ0) is 18.5. The summed E-state index contributed by atoms with van der Waals surface area (Å²) in [4.78, 5) is 0. The first-order valence-electron chi connectivity index (χ1n) is 9.66. The normalized spacial score (nSPS) is 21.5. The molecular weight excluding hydrogens is 328 g/mol. The molecule has 0 bridgehead atoms. The first kappa shape index (κ1) is 20.5. The summed E-state index contributed by atoms with van der Waals surface area (Å²) in [5, 5.41) is 0.299. The second-order valence-corrected chi connectivity index (χ2v) is 13.5. The van der Waals surface area contributed by atoms with E-state index in [1.807, 2.05) is 12.1 Å². The SMILES string of the molecule is COc1ccc(C2CC[C@@H](CCCCO[Si](C)(C)C(C)(C)C)O2)cc1. The van der Waals surface area contributed by atoms with E-state index in [1.54, 1.807) is 7.11 Å². The van der Waals surface area contributed by atoms with Gasteiger partial charge in [-0.3, -0.25) is 0 Å². The molecule has 1 heterocycles. The van der Waals surface area contributed by atoms with Gasteiger partial charge >= 0.3 is 0 Å². The lowest BCUT2D eigenvalue weighted by molar-refractivity contribution is 0.0380. The lowest BCUT2D eigenvalue weighted by atomic mass is 10.0. The van der Waals surface area contributed by atoms with E-state index in [1.165, 1.54) is 18.4 Å². The van der Waals surface area contributed by atoms with Gasteiger partial charge in [0.25, 0.3) is 0 Å². The number of rotatable bonds is 8. The van der Waals surface area contributed by atoms with Crippen LogP contribution >= 0.6 is 0 Å². The van der Waals surface area contributed by atoms with Crippen molar-refractivity contribution in [2.45, 2.75) is 83.2 Å². The Morgan fingerprint density at radius 2 is 1.76 bits per heavy atom. The van der Waals surface area contributed by atoms with Crippen LogP contribution in [0.1, 0.15) is 64.5 Å². The van der Waals surface area contributed by atoms with Crippen LogP contribution in [0.2, 0.25) is 18.1 Å².